The second-order valence-corrected chi connectivity index (χ2v) is 8.38. The summed E-state index contributed by atoms with van der Waals surface area (Å²) in [4.78, 5) is 24.5. The van der Waals surface area contributed by atoms with E-state index in [4.69, 9.17) is 0 Å². The maximum atomic E-state index is 13.0. The maximum Gasteiger partial charge on any atom is 0.432 e. The van der Waals surface area contributed by atoms with Crippen molar-refractivity contribution < 1.29 is 28.3 Å². The Labute approximate surface area is 161 Å². The van der Waals surface area contributed by atoms with Gasteiger partial charge in [0, 0.05) is 11.8 Å². The van der Waals surface area contributed by atoms with Crippen LogP contribution in [0.4, 0.5) is 10.5 Å². The minimum atomic E-state index is -3.44. The predicted octanol–water partition coefficient (Wildman–Crippen LogP) is 1.97. The molecule has 10 heteroatoms. The van der Waals surface area contributed by atoms with Crippen LogP contribution in [0.25, 0.3) is 0 Å². The molecule has 2 aromatic carbocycles. The summed E-state index contributed by atoms with van der Waals surface area (Å²) >= 11 is 0. The van der Waals surface area contributed by atoms with Crippen molar-refractivity contribution in [3.63, 3.8) is 0 Å². The number of benzene rings is 2. The lowest BCUT2D eigenvalue weighted by atomic mass is 9.90. The van der Waals surface area contributed by atoms with Crippen molar-refractivity contribution in [1.82, 2.24) is 5.06 Å². The maximum absolute atomic E-state index is 13.0. The van der Waals surface area contributed by atoms with E-state index in [9.17, 15) is 28.3 Å². The number of hydrazone groups is 1. The number of rotatable bonds is 4. The van der Waals surface area contributed by atoms with Crippen LogP contribution in [0.5, 0.6) is 0 Å². The van der Waals surface area contributed by atoms with E-state index in [0.717, 1.165) is 11.3 Å². The van der Waals surface area contributed by atoms with Gasteiger partial charge in [0.2, 0.25) is 0 Å². The average Bonchev–Trinajstić information content (AvgIpc) is 2.93. The third-order valence-corrected chi connectivity index (χ3v) is 5.56. The standard InChI is InChI=1S/C18H17N3O6S/c1-18(21(25)17(23)24)15(12-8-10-14(11-9-12)28(2,26)27)19-20(16(18)22)13-6-4-3-5-7-13/h3-11,25H,1-2H3,(H,23,24). The van der Waals surface area contributed by atoms with Crippen LogP contribution in [0.15, 0.2) is 64.6 Å². The molecule has 28 heavy (non-hydrogen) atoms. The molecule has 0 aromatic heterocycles. The van der Waals surface area contributed by atoms with Gasteiger partial charge >= 0.3 is 6.09 Å². The van der Waals surface area contributed by atoms with Crippen LogP contribution >= 0.6 is 0 Å². The average molecular weight is 403 g/mol. The highest BCUT2D eigenvalue weighted by Gasteiger charge is 2.54. The summed E-state index contributed by atoms with van der Waals surface area (Å²) in [5.74, 6) is -0.772. The number of carboxylic acid groups (broad SMARTS) is 1. The number of hydroxylamine groups is 2. The van der Waals surface area contributed by atoms with E-state index in [0.29, 0.717) is 11.3 Å². The summed E-state index contributed by atoms with van der Waals surface area (Å²) in [6, 6.07) is 13.8. The number of amides is 2. The van der Waals surface area contributed by atoms with Crippen molar-refractivity contribution in [1.29, 1.82) is 0 Å². The third-order valence-electron chi connectivity index (χ3n) is 4.43. The van der Waals surface area contributed by atoms with Gasteiger partial charge in [-0.25, -0.2) is 13.2 Å². The lowest BCUT2D eigenvalue weighted by Gasteiger charge is -2.30. The van der Waals surface area contributed by atoms with Crippen molar-refractivity contribution in [3.05, 3.63) is 60.2 Å². The van der Waals surface area contributed by atoms with Gasteiger partial charge in [-0.05, 0) is 31.2 Å². The SMILES string of the molecule is CC1(N(O)C(=O)O)C(=O)N(c2ccccc2)N=C1c1ccc(S(C)(=O)=O)cc1. The number of carbonyl (C=O) groups is 2. The van der Waals surface area contributed by atoms with Crippen LogP contribution in [-0.2, 0) is 14.6 Å². The monoisotopic (exact) mass is 403 g/mol. The zero-order valence-electron chi connectivity index (χ0n) is 15.0. The van der Waals surface area contributed by atoms with Crippen molar-refractivity contribution in [2.75, 3.05) is 11.3 Å². The van der Waals surface area contributed by atoms with Gasteiger partial charge in [-0.2, -0.15) is 15.2 Å². The predicted molar refractivity (Wildman–Crippen MR) is 100 cm³/mol. The van der Waals surface area contributed by atoms with Gasteiger partial charge < -0.3 is 5.11 Å². The largest absolute Gasteiger partial charge is 0.463 e. The molecular weight excluding hydrogens is 386 g/mol. The van der Waals surface area contributed by atoms with Crippen LogP contribution < -0.4 is 5.01 Å². The van der Waals surface area contributed by atoms with Gasteiger partial charge in [-0.3, -0.25) is 10.0 Å². The molecule has 1 aliphatic rings. The summed E-state index contributed by atoms with van der Waals surface area (Å²) in [5, 5.41) is 24.6. The molecule has 0 saturated carbocycles. The van der Waals surface area contributed by atoms with E-state index >= 15 is 0 Å². The topological polar surface area (TPSA) is 128 Å². The summed E-state index contributed by atoms with van der Waals surface area (Å²) in [7, 11) is -3.44. The number of para-hydroxylation sites is 1. The zero-order chi connectivity index (χ0) is 20.7. The fourth-order valence-corrected chi connectivity index (χ4v) is 3.51. The number of carbonyl (C=O) groups excluding carboxylic acids is 1. The van der Waals surface area contributed by atoms with Crippen LogP contribution in [0.2, 0.25) is 0 Å². The Bertz CT molecular complexity index is 1070. The summed E-state index contributed by atoms with van der Waals surface area (Å²) in [5.41, 5.74) is -1.37. The Hall–Kier alpha value is -3.24. The van der Waals surface area contributed by atoms with E-state index in [1.807, 2.05) is 0 Å². The Morgan fingerprint density at radius 2 is 1.68 bits per heavy atom. The van der Waals surface area contributed by atoms with Crippen molar-refractivity contribution in [2.24, 2.45) is 5.10 Å². The van der Waals surface area contributed by atoms with Gasteiger partial charge in [0.25, 0.3) is 5.91 Å². The molecule has 2 aromatic rings. The third kappa shape index (κ3) is 3.12. The second kappa shape index (κ2) is 6.73. The molecule has 2 N–H and O–H groups in total. The van der Waals surface area contributed by atoms with E-state index in [-0.39, 0.29) is 15.7 Å². The molecule has 0 bridgehead atoms. The molecule has 0 aliphatic carbocycles. The lowest BCUT2D eigenvalue weighted by molar-refractivity contribution is -0.146. The Morgan fingerprint density at radius 3 is 2.18 bits per heavy atom. The number of hydrogen-bond donors (Lipinski definition) is 2. The van der Waals surface area contributed by atoms with E-state index < -0.39 is 27.4 Å². The zero-order valence-corrected chi connectivity index (χ0v) is 15.8. The van der Waals surface area contributed by atoms with E-state index in [1.165, 1.54) is 31.2 Å². The fourth-order valence-electron chi connectivity index (χ4n) is 2.88. The summed E-state index contributed by atoms with van der Waals surface area (Å²) < 4.78 is 23.3. The smallest absolute Gasteiger partial charge is 0.432 e. The minimum absolute atomic E-state index is 0.0358. The molecule has 0 saturated heterocycles. The first-order valence-electron chi connectivity index (χ1n) is 8.08. The molecule has 0 spiro atoms. The van der Waals surface area contributed by atoms with Gasteiger partial charge in [-0.15, -0.1) is 0 Å². The van der Waals surface area contributed by atoms with E-state index in [1.54, 1.807) is 30.3 Å². The Balaban J connectivity index is 2.15. The number of nitrogens with zero attached hydrogens (tertiary/aromatic N) is 3. The van der Waals surface area contributed by atoms with Gasteiger partial charge in [0.1, 0.15) is 5.71 Å². The van der Waals surface area contributed by atoms with Crippen molar-refractivity contribution >= 4 is 33.2 Å². The molecule has 146 valence electrons. The molecule has 1 unspecified atom stereocenters. The first-order valence-corrected chi connectivity index (χ1v) is 9.97. The molecular formula is C18H17N3O6S. The van der Waals surface area contributed by atoms with Crippen LogP contribution in [0.1, 0.15) is 12.5 Å². The molecule has 1 heterocycles. The fraction of sp³-hybridized carbons (Fsp3) is 0.167. The molecule has 1 aliphatic heterocycles. The second-order valence-electron chi connectivity index (χ2n) is 6.36. The normalized spacial score (nSPS) is 19.5. The van der Waals surface area contributed by atoms with Gasteiger partial charge in [0.15, 0.2) is 15.4 Å². The molecule has 9 nitrogen and oxygen atoms in total. The molecule has 1 atom stereocenters. The van der Waals surface area contributed by atoms with Crippen LogP contribution in [-0.4, -0.2) is 53.3 Å². The molecule has 2 amide bonds. The number of anilines is 1. The lowest BCUT2D eigenvalue weighted by Crippen LogP contribution is -2.58. The first kappa shape index (κ1) is 19.5. The number of hydrogen-bond acceptors (Lipinski definition) is 6. The molecule has 0 fully saturated rings. The van der Waals surface area contributed by atoms with Crippen molar-refractivity contribution in [3.8, 4) is 0 Å². The summed E-state index contributed by atoms with van der Waals surface area (Å²) in [6.45, 7) is 1.23. The quantitative estimate of drug-likeness (QED) is 0.593. The Morgan fingerprint density at radius 1 is 1.11 bits per heavy atom. The highest BCUT2D eigenvalue weighted by molar-refractivity contribution is 7.90. The van der Waals surface area contributed by atoms with Gasteiger partial charge in [0.05, 0.1) is 10.6 Å². The molecule has 3 rings (SSSR count). The van der Waals surface area contributed by atoms with Crippen LogP contribution in [0, 0.1) is 0 Å². The van der Waals surface area contributed by atoms with Gasteiger partial charge in [-0.1, -0.05) is 30.3 Å². The Kier molecular flexibility index (Phi) is 4.69. The van der Waals surface area contributed by atoms with Crippen molar-refractivity contribution in [2.45, 2.75) is 17.4 Å². The minimum Gasteiger partial charge on any atom is -0.463 e. The molecule has 0 radical (unpaired) electrons. The van der Waals surface area contributed by atoms with E-state index in [2.05, 4.69) is 5.10 Å². The highest BCUT2D eigenvalue weighted by Crippen LogP contribution is 2.33. The first-order chi connectivity index (χ1) is 13.1. The number of sulfone groups is 1. The highest BCUT2D eigenvalue weighted by atomic mass is 32.2. The van der Waals surface area contributed by atoms with Crippen LogP contribution in [0.3, 0.4) is 0 Å². The summed E-state index contributed by atoms with van der Waals surface area (Å²) in [6.07, 6.45) is -0.675.